The lowest BCUT2D eigenvalue weighted by Gasteiger charge is -2.15. The van der Waals surface area contributed by atoms with Crippen LogP contribution in [0.15, 0.2) is 8.95 Å². The first-order valence-electron chi connectivity index (χ1n) is 4.12. The highest BCUT2D eigenvalue weighted by atomic mass is 79.9. The molecular weight excluding hydrogens is 351 g/mol. The molecule has 14 heavy (non-hydrogen) atoms. The maximum Gasteiger partial charge on any atom is 0.0488 e. The second-order valence-electron chi connectivity index (χ2n) is 3.10. The summed E-state index contributed by atoms with van der Waals surface area (Å²) in [6, 6.07) is 0. The summed E-state index contributed by atoms with van der Waals surface area (Å²) in [5, 5.41) is 0. The molecule has 78 valence electrons. The zero-order valence-electron chi connectivity index (χ0n) is 7.93. The van der Waals surface area contributed by atoms with Crippen LogP contribution in [0.2, 0.25) is 0 Å². The Kier molecular flexibility index (Phi) is 4.76. The lowest BCUT2D eigenvalue weighted by molar-refractivity contribution is 1.15. The Labute approximate surface area is 111 Å². The average Bonchev–Trinajstić information content (AvgIpc) is 2.16. The summed E-state index contributed by atoms with van der Waals surface area (Å²) < 4.78 is 2.15. The molecule has 0 N–H and O–H groups in total. The van der Waals surface area contributed by atoms with Crippen LogP contribution in [0.25, 0.3) is 0 Å². The van der Waals surface area contributed by atoms with Gasteiger partial charge in [0.25, 0.3) is 0 Å². The largest absolute Gasteiger partial charge is 0.121 e. The van der Waals surface area contributed by atoms with E-state index in [9.17, 15) is 0 Å². The van der Waals surface area contributed by atoms with Crippen molar-refractivity contribution in [1.29, 1.82) is 0 Å². The third kappa shape index (κ3) is 2.13. The van der Waals surface area contributed by atoms with Gasteiger partial charge in [0.05, 0.1) is 0 Å². The maximum atomic E-state index is 5.90. The number of benzene rings is 1. The molecule has 0 radical (unpaired) electrons. The average molecular weight is 361 g/mol. The topological polar surface area (TPSA) is 0 Å². The van der Waals surface area contributed by atoms with Gasteiger partial charge in [-0.2, -0.15) is 0 Å². The Balaban J connectivity index is 3.56. The molecule has 0 spiro atoms. The van der Waals surface area contributed by atoms with Gasteiger partial charge in [0.15, 0.2) is 0 Å². The quantitative estimate of drug-likeness (QED) is 0.627. The van der Waals surface area contributed by atoms with Crippen LogP contribution in [0.3, 0.4) is 0 Å². The van der Waals surface area contributed by atoms with Gasteiger partial charge in [0.2, 0.25) is 0 Å². The fourth-order valence-electron chi connectivity index (χ4n) is 1.38. The third-order valence-corrected chi connectivity index (χ3v) is 5.04. The van der Waals surface area contributed by atoms with Crippen molar-refractivity contribution in [1.82, 2.24) is 0 Å². The molecule has 0 aliphatic heterocycles. The second kappa shape index (κ2) is 5.20. The first-order chi connectivity index (χ1) is 6.54. The summed E-state index contributed by atoms with van der Waals surface area (Å²) in [5.74, 6) is 1.01. The Morgan fingerprint density at radius 1 is 0.857 bits per heavy atom. The SMILES string of the molecule is Cc1c(Br)c(CCl)c(C)c(CCl)c1Br. The van der Waals surface area contributed by atoms with E-state index in [1.54, 1.807) is 0 Å². The van der Waals surface area contributed by atoms with Gasteiger partial charge in [-0.3, -0.25) is 0 Å². The molecule has 0 saturated heterocycles. The highest BCUT2D eigenvalue weighted by Gasteiger charge is 2.15. The van der Waals surface area contributed by atoms with Crippen LogP contribution in [-0.2, 0) is 11.8 Å². The van der Waals surface area contributed by atoms with E-state index in [0.717, 1.165) is 25.6 Å². The number of halogens is 4. The highest BCUT2D eigenvalue weighted by Crippen LogP contribution is 2.36. The van der Waals surface area contributed by atoms with E-state index in [2.05, 4.69) is 31.9 Å². The lowest BCUT2D eigenvalue weighted by Crippen LogP contribution is -1.98. The molecule has 0 unspecified atom stereocenters. The molecule has 0 aromatic heterocycles. The van der Waals surface area contributed by atoms with E-state index in [1.165, 1.54) is 5.56 Å². The molecule has 0 aliphatic rings. The van der Waals surface area contributed by atoms with Gasteiger partial charge in [-0.25, -0.2) is 0 Å². The molecule has 4 heteroatoms. The summed E-state index contributed by atoms with van der Waals surface area (Å²) in [6.07, 6.45) is 0. The zero-order chi connectivity index (χ0) is 10.9. The molecular formula is C10H10Br2Cl2. The molecule has 0 atom stereocenters. The van der Waals surface area contributed by atoms with Gasteiger partial charge in [-0.05, 0) is 36.1 Å². The Bertz CT molecular complexity index is 331. The summed E-state index contributed by atoms with van der Waals surface area (Å²) in [4.78, 5) is 0. The van der Waals surface area contributed by atoms with Crippen molar-refractivity contribution in [2.75, 3.05) is 0 Å². The molecule has 1 aromatic carbocycles. The van der Waals surface area contributed by atoms with Crippen LogP contribution in [0.5, 0.6) is 0 Å². The molecule has 0 saturated carbocycles. The van der Waals surface area contributed by atoms with Crippen LogP contribution >= 0.6 is 55.1 Å². The van der Waals surface area contributed by atoms with E-state index in [4.69, 9.17) is 23.2 Å². The minimum Gasteiger partial charge on any atom is -0.121 e. The minimum absolute atomic E-state index is 0.504. The standard InChI is InChI=1S/C10H10Br2Cl2/c1-5-7(3-13)9(11)6(2)10(12)8(5)4-14/h3-4H2,1-2H3. The summed E-state index contributed by atoms with van der Waals surface area (Å²) in [6.45, 7) is 4.09. The normalized spacial score (nSPS) is 10.7. The van der Waals surface area contributed by atoms with Gasteiger partial charge >= 0.3 is 0 Å². The zero-order valence-corrected chi connectivity index (χ0v) is 12.6. The highest BCUT2D eigenvalue weighted by molar-refractivity contribution is 9.11. The van der Waals surface area contributed by atoms with Gasteiger partial charge < -0.3 is 0 Å². The first-order valence-corrected chi connectivity index (χ1v) is 6.77. The van der Waals surface area contributed by atoms with Gasteiger partial charge in [-0.15, -0.1) is 23.2 Å². The molecule has 0 aliphatic carbocycles. The number of hydrogen-bond donors (Lipinski definition) is 0. The molecule has 0 heterocycles. The summed E-state index contributed by atoms with van der Waals surface area (Å²) in [7, 11) is 0. The van der Waals surface area contributed by atoms with Crippen molar-refractivity contribution in [3.63, 3.8) is 0 Å². The lowest BCUT2D eigenvalue weighted by atomic mass is 10.0. The van der Waals surface area contributed by atoms with Gasteiger partial charge in [0, 0.05) is 20.7 Å². The van der Waals surface area contributed by atoms with E-state index >= 15 is 0 Å². The van der Waals surface area contributed by atoms with Crippen LogP contribution in [0.4, 0.5) is 0 Å². The fourth-order valence-corrected chi connectivity index (χ4v) is 3.91. The van der Waals surface area contributed by atoms with Crippen LogP contribution in [0.1, 0.15) is 22.3 Å². The predicted octanol–water partition coefficient (Wildman–Crippen LogP) is 5.31. The fraction of sp³-hybridized carbons (Fsp3) is 0.400. The monoisotopic (exact) mass is 358 g/mol. The van der Waals surface area contributed by atoms with Crippen molar-refractivity contribution in [2.45, 2.75) is 25.6 Å². The Morgan fingerprint density at radius 2 is 1.21 bits per heavy atom. The van der Waals surface area contributed by atoms with Crippen LogP contribution in [-0.4, -0.2) is 0 Å². The molecule has 0 bridgehead atoms. The van der Waals surface area contributed by atoms with Crippen molar-refractivity contribution >= 4 is 55.1 Å². The van der Waals surface area contributed by atoms with Crippen molar-refractivity contribution in [3.8, 4) is 0 Å². The van der Waals surface area contributed by atoms with Crippen molar-refractivity contribution in [2.24, 2.45) is 0 Å². The second-order valence-corrected chi connectivity index (χ2v) is 5.22. The van der Waals surface area contributed by atoms with E-state index < -0.39 is 0 Å². The minimum atomic E-state index is 0.504. The Hall–Kier alpha value is 0.760. The molecule has 0 amide bonds. The maximum absolute atomic E-state index is 5.90. The van der Waals surface area contributed by atoms with E-state index in [1.807, 2.05) is 13.8 Å². The third-order valence-electron chi connectivity index (χ3n) is 2.36. The number of rotatable bonds is 2. The van der Waals surface area contributed by atoms with Crippen molar-refractivity contribution < 1.29 is 0 Å². The molecule has 1 aromatic rings. The summed E-state index contributed by atoms with van der Waals surface area (Å²) in [5.41, 5.74) is 4.58. The molecule has 1 rings (SSSR count). The number of alkyl halides is 2. The first kappa shape index (κ1) is 12.8. The molecule has 0 fully saturated rings. The van der Waals surface area contributed by atoms with E-state index in [-0.39, 0.29) is 0 Å². The molecule has 0 nitrogen and oxygen atoms in total. The van der Waals surface area contributed by atoms with Gasteiger partial charge in [-0.1, -0.05) is 31.9 Å². The smallest absolute Gasteiger partial charge is 0.0488 e. The Morgan fingerprint density at radius 3 is 1.50 bits per heavy atom. The van der Waals surface area contributed by atoms with Crippen LogP contribution in [0, 0.1) is 13.8 Å². The van der Waals surface area contributed by atoms with Crippen molar-refractivity contribution in [3.05, 3.63) is 31.2 Å². The summed E-state index contributed by atoms with van der Waals surface area (Å²) >= 11 is 18.9. The predicted molar refractivity (Wildman–Crippen MR) is 70.4 cm³/mol. The van der Waals surface area contributed by atoms with E-state index in [0.29, 0.717) is 11.8 Å². The van der Waals surface area contributed by atoms with Gasteiger partial charge in [0.1, 0.15) is 0 Å². The van der Waals surface area contributed by atoms with Crippen LogP contribution < -0.4 is 0 Å². The number of hydrogen-bond acceptors (Lipinski definition) is 0.